The van der Waals surface area contributed by atoms with Gasteiger partial charge in [0.2, 0.25) is 0 Å². The lowest BCUT2D eigenvalue weighted by Crippen LogP contribution is -1.94. The van der Waals surface area contributed by atoms with Crippen LogP contribution in [0.1, 0.15) is 19.8 Å². The molecule has 0 aromatic carbocycles. The monoisotopic (exact) mass is 175 g/mol. The summed E-state index contributed by atoms with van der Waals surface area (Å²) in [5.74, 6) is -0.0237. The Morgan fingerprint density at radius 1 is 1.90 bits per heavy atom. The fourth-order valence-corrected chi connectivity index (χ4v) is 0.928. The molecule has 0 amide bonds. The van der Waals surface area contributed by atoms with E-state index in [1.807, 2.05) is 0 Å². The SMILES string of the molecule is CC(C#N)CCC(=O)SS. The van der Waals surface area contributed by atoms with Crippen LogP contribution in [0, 0.1) is 17.2 Å². The highest BCUT2D eigenvalue weighted by molar-refractivity contribution is 8.74. The number of nitrogens with zero attached hydrogens (tertiary/aromatic N) is 1. The molecule has 0 aliphatic rings. The molecule has 10 heavy (non-hydrogen) atoms. The van der Waals surface area contributed by atoms with Gasteiger partial charge in [-0.25, -0.2) is 0 Å². The van der Waals surface area contributed by atoms with Gasteiger partial charge in [-0.3, -0.25) is 4.79 Å². The van der Waals surface area contributed by atoms with E-state index in [-0.39, 0.29) is 11.0 Å². The molecule has 0 radical (unpaired) electrons. The van der Waals surface area contributed by atoms with Crippen LogP contribution in [0.25, 0.3) is 0 Å². The van der Waals surface area contributed by atoms with E-state index in [1.165, 1.54) is 0 Å². The predicted molar refractivity (Wildman–Crippen MR) is 45.6 cm³/mol. The highest BCUT2D eigenvalue weighted by atomic mass is 33.1. The number of thiol groups is 1. The van der Waals surface area contributed by atoms with Crippen LogP contribution < -0.4 is 0 Å². The number of carbonyl (C=O) groups is 1. The van der Waals surface area contributed by atoms with E-state index in [4.69, 9.17) is 5.26 Å². The second-order valence-electron chi connectivity index (χ2n) is 2.03. The summed E-state index contributed by atoms with van der Waals surface area (Å²) < 4.78 is 0. The van der Waals surface area contributed by atoms with Crippen LogP contribution in [0.5, 0.6) is 0 Å². The zero-order valence-electron chi connectivity index (χ0n) is 5.70. The van der Waals surface area contributed by atoms with Gasteiger partial charge in [-0.15, -0.1) is 11.7 Å². The van der Waals surface area contributed by atoms with Gasteiger partial charge in [-0.05, 0) is 24.1 Å². The quantitative estimate of drug-likeness (QED) is 0.527. The third-order valence-corrected chi connectivity index (χ3v) is 2.12. The first kappa shape index (κ1) is 9.86. The number of hydrogen-bond donors (Lipinski definition) is 1. The third-order valence-electron chi connectivity index (χ3n) is 1.10. The van der Waals surface area contributed by atoms with E-state index in [2.05, 4.69) is 17.7 Å². The van der Waals surface area contributed by atoms with Crippen molar-refractivity contribution in [3.8, 4) is 6.07 Å². The van der Waals surface area contributed by atoms with Gasteiger partial charge in [-0.2, -0.15) is 5.26 Å². The summed E-state index contributed by atoms with van der Waals surface area (Å²) in [4.78, 5) is 10.6. The molecule has 0 saturated heterocycles. The van der Waals surface area contributed by atoms with Crippen molar-refractivity contribution in [2.45, 2.75) is 19.8 Å². The molecule has 0 aromatic rings. The van der Waals surface area contributed by atoms with E-state index >= 15 is 0 Å². The summed E-state index contributed by atoms with van der Waals surface area (Å²) >= 11 is 3.73. The zero-order valence-corrected chi connectivity index (χ0v) is 7.41. The van der Waals surface area contributed by atoms with Crippen LogP contribution in [-0.2, 0) is 4.79 Å². The maximum absolute atomic E-state index is 10.6. The Morgan fingerprint density at radius 3 is 2.90 bits per heavy atom. The molecule has 4 heteroatoms. The highest BCUT2D eigenvalue weighted by Gasteiger charge is 2.03. The van der Waals surface area contributed by atoms with Crippen molar-refractivity contribution in [1.29, 1.82) is 5.26 Å². The van der Waals surface area contributed by atoms with Crippen molar-refractivity contribution in [2.24, 2.45) is 5.92 Å². The normalized spacial score (nSPS) is 12.1. The molecule has 2 nitrogen and oxygen atoms in total. The van der Waals surface area contributed by atoms with Crippen molar-refractivity contribution in [1.82, 2.24) is 0 Å². The average molecular weight is 175 g/mol. The molecule has 0 aliphatic carbocycles. The van der Waals surface area contributed by atoms with Gasteiger partial charge in [-0.1, -0.05) is 0 Å². The third kappa shape index (κ3) is 4.71. The van der Waals surface area contributed by atoms with Gasteiger partial charge in [0.25, 0.3) is 0 Å². The number of hydrogen-bond acceptors (Lipinski definition) is 4. The minimum atomic E-state index is -0.0237. The minimum absolute atomic E-state index is 0.0237. The summed E-state index contributed by atoms with van der Waals surface area (Å²) in [6.07, 6.45) is 1.09. The summed E-state index contributed by atoms with van der Waals surface area (Å²) in [7, 11) is 0.923. The molecule has 1 unspecified atom stereocenters. The fourth-order valence-electron chi connectivity index (χ4n) is 0.445. The summed E-state index contributed by atoms with van der Waals surface area (Å²) in [5.41, 5.74) is 0. The van der Waals surface area contributed by atoms with Crippen LogP contribution in [0.15, 0.2) is 0 Å². The van der Waals surface area contributed by atoms with Crippen molar-refractivity contribution < 1.29 is 4.79 Å². The van der Waals surface area contributed by atoms with Gasteiger partial charge in [0, 0.05) is 12.3 Å². The van der Waals surface area contributed by atoms with Gasteiger partial charge in [0.05, 0.1) is 6.07 Å². The summed E-state index contributed by atoms with van der Waals surface area (Å²) in [6, 6.07) is 2.06. The Morgan fingerprint density at radius 2 is 2.50 bits per heavy atom. The Kier molecular flexibility index (Phi) is 5.55. The first-order valence-electron chi connectivity index (χ1n) is 2.94. The molecule has 0 aromatic heterocycles. The van der Waals surface area contributed by atoms with Crippen LogP contribution in [0.4, 0.5) is 0 Å². The van der Waals surface area contributed by atoms with E-state index < -0.39 is 0 Å². The molecular formula is C6H9NOS2. The van der Waals surface area contributed by atoms with Crippen molar-refractivity contribution >= 4 is 27.6 Å². The molecule has 0 spiro atoms. The Hall–Kier alpha value is -0.140. The van der Waals surface area contributed by atoms with Crippen LogP contribution in [0.2, 0.25) is 0 Å². The summed E-state index contributed by atoms with van der Waals surface area (Å²) in [5, 5.41) is 8.37. The number of rotatable bonds is 3. The summed E-state index contributed by atoms with van der Waals surface area (Å²) in [6.45, 7) is 1.80. The second kappa shape index (κ2) is 5.63. The molecule has 0 N–H and O–H groups in total. The first-order valence-corrected chi connectivity index (χ1v) is 4.81. The van der Waals surface area contributed by atoms with Gasteiger partial charge in [0.1, 0.15) is 0 Å². The lowest BCUT2D eigenvalue weighted by molar-refractivity contribution is -0.111. The standard InChI is InChI=1S/C6H9NOS2/c1-5(4-7)2-3-6(8)10-9/h5,9H,2-3H2,1H3. The first-order chi connectivity index (χ1) is 4.70. The number of carbonyl (C=O) groups excluding carboxylic acids is 1. The lowest BCUT2D eigenvalue weighted by atomic mass is 10.1. The van der Waals surface area contributed by atoms with Crippen molar-refractivity contribution in [3.05, 3.63) is 0 Å². The van der Waals surface area contributed by atoms with Crippen LogP contribution >= 0.6 is 22.5 Å². The molecule has 0 aliphatic heterocycles. The molecule has 0 bridgehead atoms. The molecule has 0 saturated carbocycles. The molecule has 0 heterocycles. The predicted octanol–water partition coefficient (Wildman–Crippen LogP) is 2.03. The van der Waals surface area contributed by atoms with Gasteiger partial charge in [0.15, 0.2) is 5.12 Å². The molecule has 56 valence electrons. The fraction of sp³-hybridized carbons (Fsp3) is 0.667. The van der Waals surface area contributed by atoms with Crippen molar-refractivity contribution in [3.63, 3.8) is 0 Å². The van der Waals surface area contributed by atoms with Gasteiger partial charge < -0.3 is 0 Å². The van der Waals surface area contributed by atoms with E-state index in [1.54, 1.807) is 6.92 Å². The molecule has 0 rings (SSSR count). The lowest BCUT2D eigenvalue weighted by Gasteiger charge is -1.97. The smallest absolute Gasteiger partial charge is 0.199 e. The van der Waals surface area contributed by atoms with E-state index in [0.29, 0.717) is 12.8 Å². The minimum Gasteiger partial charge on any atom is -0.286 e. The zero-order chi connectivity index (χ0) is 7.98. The molecule has 1 atom stereocenters. The Bertz CT molecular complexity index is 152. The maximum Gasteiger partial charge on any atom is 0.199 e. The topological polar surface area (TPSA) is 40.9 Å². The Balaban J connectivity index is 3.37. The van der Waals surface area contributed by atoms with Crippen LogP contribution in [0.3, 0.4) is 0 Å². The second-order valence-corrected chi connectivity index (χ2v) is 3.22. The Labute approximate surface area is 69.8 Å². The highest BCUT2D eigenvalue weighted by Crippen LogP contribution is 2.13. The average Bonchev–Trinajstić information content (AvgIpc) is 1.99. The van der Waals surface area contributed by atoms with E-state index in [9.17, 15) is 4.79 Å². The number of nitriles is 1. The van der Waals surface area contributed by atoms with Crippen LogP contribution in [-0.4, -0.2) is 5.12 Å². The van der Waals surface area contributed by atoms with Gasteiger partial charge >= 0.3 is 0 Å². The maximum atomic E-state index is 10.6. The largest absolute Gasteiger partial charge is 0.286 e. The molecule has 0 fully saturated rings. The molecular weight excluding hydrogens is 166 g/mol. The van der Waals surface area contributed by atoms with Crippen molar-refractivity contribution in [2.75, 3.05) is 0 Å². The van der Waals surface area contributed by atoms with E-state index in [0.717, 1.165) is 10.8 Å².